The van der Waals surface area contributed by atoms with Crippen LogP contribution >= 0.6 is 0 Å². The first-order chi connectivity index (χ1) is 13.6. The number of hydrogen-bond acceptors (Lipinski definition) is 4. The lowest BCUT2D eigenvalue weighted by atomic mass is 9.89. The van der Waals surface area contributed by atoms with Crippen LogP contribution in [0.1, 0.15) is 87.8 Å². The molecule has 1 fully saturated rings. The summed E-state index contributed by atoms with van der Waals surface area (Å²) < 4.78 is 2.08. The van der Waals surface area contributed by atoms with Gasteiger partial charge in [-0.1, -0.05) is 38.5 Å². The Kier molecular flexibility index (Phi) is 6.42. The molecule has 0 spiro atoms. The van der Waals surface area contributed by atoms with Crippen LogP contribution in [0, 0.1) is 19.3 Å². The van der Waals surface area contributed by atoms with E-state index in [0.717, 1.165) is 36.3 Å². The number of aryl methyl sites for hydroxylation is 3. The number of rotatable bonds is 8. The van der Waals surface area contributed by atoms with Crippen molar-refractivity contribution in [3.8, 4) is 0 Å². The molecule has 0 radical (unpaired) electrons. The van der Waals surface area contributed by atoms with E-state index in [4.69, 9.17) is 0 Å². The van der Waals surface area contributed by atoms with Crippen LogP contribution in [-0.4, -0.2) is 25.8 Å². The smallest absolute Gasteiger partial charge is 0.224 e. The highest BCUT2D eigenvalue weighted by Crippen LogP contribution is 2.39. The Balaban J connectivity index is 1.63. The summed E-state index contributed by atoms with van der Waals surface area (Å²) in [6.07, 6.45) is 4.00. The van der Waals surface area contributed by atoms with Crippen molar-refractivity contribution in [1.29, 1.82) is 0 Å². The molecule has 0 aliphatic heterocycles. The summed E-state index contributed by atoms with van der Waals surface area (Å²) in [5.41, 5.74) is 3.25. The Hall–Kier alpha value is -2.21. The summed E-state index contributed by atoms with van der Waals surface area (Å²) in [5.74, 6) is 1.42. The molecule has 3 rings (SSSR count). The number of aliphatic hydroxyl groups excluding tert-OH is 1. The minimum absolute atomic E-state index is 0.0304. The zero-order valence-corrected chi connectivity index (χ0v) is 18.3. The van der Waals surface area contributed by atoms with Gasteiger partial charge in [-0.05, 0) is 56.6 Å². The van der Waals surface area contributed by atoms with Crippen molar-refractivity contribution in [2.75, 3.05) is 5.32 Å². The van der Waals surface area contributed by atoms with Crippen LogP contribution in [0.4, 0.5) is 5.69 Å². The van der Waals surface area contributed by atoms with Gasteiger partial charge in [0.1, 0.15) is 11.9 Å². The van der Waals surface area contributed by atoms with Crippen LogP contribution < -0.4 is 5.32 Å². The minimum Gasteiger partial charge on any atom is -0.385 e. The Morgan fingerprint density at radius 1 is 1.28 bits per heavy atom. The molecule has 1 heterocycles. The number of nitrogens with one attached hydrogen (secondary N) is 1. The predicted molar refractivity (Wildman–Crippen MR) is 115 cm³/mol. The summed E-state index contributed by atoms with van der Waals surface area (Å²) >= 11 is 0. The molecule has 0 bridgehead atoms. The molecule has 1 aromatic heterocycles. The van der Waals surface area contributed by atoms with E-state index >= 15 is 0 Å². The molecule has 1 atom stereocenters. The molecule has 6 heteroatoms. The summed E-state index contributed by atoms with van der Waals surface area (Å²) in [7, 11) is 0. The first-order valence-corrected chi connectivity index (χ1v) is 10.6. The van der Waals surface area contributed by atoms with Gasteiger partial charge in [-0.25, -0.2) is 0 Å². The highest BCUT2D eigenvalue weighted by atomic mass is 16.3. The molecule has 1 amide bonds. The molecule has 29 heavy (non-hydrogen) atoms. The summed E-state index contributed by atoms with van der Waals surface area (Å²) in [6, 6.07) is 6.36. The SMILES string of the molecule is Cc1ccc(NC(=O)CCc2nnc(C(O)CCC(C)(C)C)n2C2CC2)c(C)c1. The third-order valence-corrected chi connectivity index (χ3v) is 5.40. The zero-order valence-electron chi connectivity index (χ0n) is 18.3. The normalized spacial score (nSPS) is 15.4. The van der Waals surface area contributed by atoms with Crippen LogP contribution in [0.2, 0.25) is 0 Å². The third kappa shape index (κ3) is 5.89. The minimum atomic E-state index is -0.611. The van der Waals surface area contributed by atoms with Gasteiger partial charge >= 0.3 is 0 Å². The number of hydrogen-bond donors (Lipinski definition) is 2. The number of aromatic nitrogens is 3. The fraction of sp³-hybridized carbons (Fsp3) is 0.609. The molecule has 158 valence electrons. The maximum atomic E-state index is 12.5. The van der Waals surface area contributed by atoms with E-state index in [1.54, 1.807) is 0 Å². The van der Waals surface area contributed by atoms with Crippen LogP contribution in [0.3, 0.4) is 0 Å². The van der Waals surface area contributed by atoms with Crippen molar-refractivity contribution in [2.24, 2.45) is 5.41 Å². The molecule has 2 aromatic rings. The van der Waals surface area contributed by atoms with Crippen molar-refractivity contribution < 1.29 is 9.90 Å². The van der Waals surface area contributed by atoms with Gasteiger partial charge in [-0.15, -0.1) is 10.2 Å². The van der Waals surface area contributed by atoms with Gasteiger partial charge in [0, 0.05) is 24.6 Å². The molecular formula is C23H34N4O2. The fourth-order valence-corrected chi connectivity index (χ4v) is 3.56. The van der Waals surface area contributed by atoms with Crippen molar-refractivity contribution in [1.82, 2.24) is 14.8 Å². The standard InChI is InChI=1S/C23H34N4O2/c1-15-6-9-18(16(2)14-15)24-21(29)11-10-20-25-26-22(27(20)17-7-8-17)19(28)12-13-23(3,4)5/h6,9,14,17,19,28H,7-8,10-13H2,1-5H3,(H,24,29). The van der Waals surface area contributed by atoms with Crippen LogP contribution in [0.15, 0.2) is 18.2 Å². The van der Waals surface area contributed by atoms with Crippen LogP contribution in [-0.2, 0) is 11.2 Å². The highest BCUT2D eigenvalue weighted by molar-refractivity contribution is 5.91. The first-order valence-electron chi connectivity index (χ1n) is 10.6. The van der Waals surface area contributed by atoms with Crippen molar-refractivity contribution in [3.63, 3.8) is 0 Å². The molecule has 6 nitrogen and oxygen atoms in total. The summed E-state index contributed by atoms with van der Waals surface area (Å²) in [6.45, 7) is 10.6. The second-order valence-electron chi connectivity index (χ2n) is 9.56. The van der Waals surface area contributed by atoms with E-state index < -0.39 is 6.10 Å². The van der Waals surface area contributed by atoms with E-state index in [2.05, 4.69) is 46.9 Å². The van der Waals surface area contributed by atoms with E-state index in [0.29, 0.717) is 31.1 Å². The monoisotopic (exact) mass is 398 g/mol. The second-order valence-corrected chi connectivity index (χ2v) is 9.56. The Morgan fingerprint density at radius 2 is 2.00 bits per heavy atom. The Labute approximate surface area is 173 Å². The van der Waals surface area contributed by atoms with Gasteiger partial charge in [0.05, 0.1) is 0 Å². The topological polar surface area (TPSA) is 80.0 Å². The summed E-state index contributed by atoms with van der Waals surface area (Å²) in [4.78, 5) is 12.5. The van der Waals surface area contributed by atoms with Gasteiger partial charge in [-0.2, -0.15) is 0 Å². The van der Waals surface area contributed by atoms with E-state index in [1.807, 2.05) is 26.0 Å². The molecular weight excluding hydrogens is 364 g/mol. The van der Waals surface area contributed by atoms with Crippen molar-refractivity contribution >= 4 is 11.6 Å². The van der Waals surface area contributed by atoms with Gasteiger partial charge in [0.2, 0.25) is 5.91 Å². The van der Waals surface area contributed by atoms with Crippen LogP contribution in [0.25, 0.3) is 0 Å². The highest BCUT2D eigenvalue weighted by Gasteiger charge is 2.32. The van der Waals surface area contributed by atoms with Crippen molar-refractivity contribution in [2.45, 2.75) is 85.3 Å². The summed E-state index contributed by atoms with van der Waals surface area (Å²) in [5, 5.41) is 22.3. The predicted octanol–water partition coefficient (Wildman–Crippen LogP) is 4.66. The molecule has 1 aliphatic rings. The van der Waals surface area contributed by atoms with Gasteiger partial charge in [0.15, 0.2) is 5.82 Å². The van der Waals surface area contributed by atoms with Crippen LogP contribution in [0.5, 0.6) is 0 Å². The Morgan fingerprint density at radius 3 is 2.62 bits per heavy atom. The number of carbonyl (C=O) groups excluding carboxylic acids is 1. The largest absolute Gasteiger partial charge is 0.385 e. The van der Waals surface area contributed by atoms with Gasteiger partial charge < -0.3 is 15.0 Å². The zero-order chi connectivity index (χ0) is 21.2. The fourth-order valence-electron chi connectivity index (χ4n) is 3.56. The second kappa shape index (κ2) is 8.66. The molecule has 1 aliphatic carbocycles. The number of anilines is 1. The number of benzene rings is 1. The van der Waals surface area contributed by atoms with Crippen molar-refractivity contribution in [3.05, 3.63) is 41.0 Å². The number of carbonyl (C=O) groups is 1. The van der Waals surface area contributed by atoms with E-state index in [-0.39, 0.29) is 11.3 Å². The molecule has 1 aromatic carbocycles. The quantitative estimate of drug-likeness (QED) is 0.678. The maximum Gasteiger partial charge on any atom is 0.224 e. The molecule has 0 saturated heterocycles. The lowest BCUT2D eigenvalue weighted by molar-refractivity contribution is -0.116. The lowest BCUT2D eigenvalue weighted by Crippen LogP contribution is -2.16. The van der Waals surface area contributed by atoms with Gasteiger partial charge in [-0.3, -0.25) is 4.79 Å². The molecule has 2 N–H and O–H groups in total. The van der Waals surface area contributed by atoms with E-state index in [9.17, 15) is 9.90 Å². The number of nitrogens with zero attached hydrogens (tertiary/aromatic N) is 3. The third-order valence-electron chi connectivity index (χ3n) is 5.40. The first kappa shape index (κ1) is 21.5. The number of aliphatic hydroxyl groups is 1. The van der Waals surface area contributed by atoms with E-state index in [1.165, 1.54) is 5.56 Å². The lowest BCUT2D eigenvalue weighted by Gasteiger charge is -2.20. The average molecular weight is 399 g/mol. The molecule has 1 saturated carbocycles. The van der Waals surface area contributed by atoms with Gasteiger partial charge in [0.25, 0.3) is 0 Å². The molecule has 1 unspecified atom stereocenters. The Bertz CT molecular complexity index is 862. The number of amides is 1. The average Bonchev–Trinajstić information content (AvgIpc) is 3.39. The maximum absolute atomic E-state index is 12.5.